The molecule has 0 aliphatic carbocycles. The number of thiazole rings is 1. The van der Waals surface area contributed by atoms with Crippen LogP contribution in [0.2, 0.25) is 0 Å². The number of halogens is 2. The summed E-state index contributed by atoms with van der Waals surface area (Å²) >= 11 is 2.82. The summed E-state index contributed by atoms with van der Waals surface area (Å²) in [5.41, 5.74) is 3.41. The molecule has 1 aliphatic heterocycles. The van der Waals surface area contributed by atoms with Crippen molar-refractivity contribution in [1.82, 2.24) is 14.9 Å². The van der Waals surface area contributed by atoms with E-state index in [2.05, 4.69) is 46.3 Å². The maximum atomic E-state index is 14.9. The predicted octanol–water partition coefficient (Wildman–Crippen LogP) is 6.04. The van der Waals surface area contributed by atoms with Crippen molar-refractivity contribution in [3.05, 3.63) is 52.5 Å². The van der Waals surface area contributed by atoms with Gasteiger partial charge in [0, 0.05) is 29.0 Å². The molecule has 0 spiro atoms. The summed E-state index contributed by atoms with van der Waals surface area (Å²) in [5, 5.41) is 3.81. The maximum absolute atomic E-state index is 14.9. The zero-order chi connectivity index (χ0) is 20.1. The van der Waals surface area contributed by atoms with E-state index in [1.54, 1.807) is 23.6 Å². The Bertz CT molecular complexity index is 1260. The first-order chi connectivity index (χ1) is 14.0. The van der Waals surface area contributed by atoms with Crippen molar-refractivity contribution in [2.45, 2.75) is 19.4 Å². The highest BCUT2D eigenvalue weighted by atomic mass is 32.1. The zero-order valence-corrected chi connectivity index (χ0v) is 17.5. The van der Waals surface area contributed by atoms with Crippen LogP contribution in [0.1, 0.15) is 18.2 Å². The molecule has 1 N–H and O–H groups in total. The van der Waals surface area contributed by atoms with Crippen molar-refractivity contribution in [1.29, 1.82) is 0 Å². The van der Waals surface area contributed by atoms with Crippen LogP contribution in [0.5, 0.6) is 0 Å². The predicted molar refractivity (Wildman–Crippen MR) is 117 cm³/mol. The molecule has 1 aromatic carbocycles. The smallest absolute Gasteiger partial charge is 0.176 e. The molecule has 0 bridgehead atoms. The Morgan fingerprint density at radius 1 is 1.24 bits per heavy atom. The van der Waals surface area contributed by atoms with Crippen molar-refractivity contribution in [3.63, 3.8) is 0 Å². The Morgan fingerprint density at radius 2 is 2.10 bits per heavy atom. The van der Waals surface area contributed by atoms with Gasteiger partial charge in [0.15, 0.2) is 11.6 Å². The summed E-state index contributed by atoms with van der Waals surface area (Å²) in [5.74, 6) is -1.31. The second-order valence-corrected chi connectivity index (χ2v) is 9.08. The van der Waals surface area contributed by atoms with E-state index in [-0.39, 0.29) is 11.2 Å². The average molecular weight is 429 g/mol. The number of pyridine rings is 1. The first-order valence-corrected chi connectivity index (χ1v) is 11.0. The van der Waals surface area contributed by atoms with Crippen LogP contribution in [-0.4, -0.2) is 34.5 Å². The highest BCUT2D eigenvalue weighted by Crippen LogP contribution is 2.39. The van der Waals surface area contributed by atoms with Crippen molar-refractivity contribution in [2.75, 3.05) is 18.9 Å². The molecule has 5 rings (SSSR count). The van der Waals surface area contributed by atoms with Gasteiger partial charge in [0.2, 0.25) is 0 Å². The van der Waals surface area contributed by atoms with Crippen LogP contribution in [-0.2, 0) is 0 Å². The molecule has 0 fully saturated rings. The average Bonchev–Trinajstić information content (AvgIpc) is 3.34. The van der Waals surface area contributed by atoms with Gasteiger partial charge in [-0.25, -0.2) is 18.7 Å². The van der Waals surface area contributed by atoms with E-state index in [0.29, 0.717) is 16.4 Å². The SMILES string of the molecule is CC1C(c2cc3c(Nc4c(F)cc5scnc5c4F)ccnc3s2)=CCCN1C. The minimum absolute atomic E-state index is 0.180. The quantitative estimate of drug-likeness (QED) is 0.432. The minimum atomic E-state index is -0.674. The molecule has 4 aromatic rings. The molecule has 148 valence electrons. The first-order valence-electron chi connectivity index (χ1n) is 9.30. The number of nitrogens with zero attached hydrogens (tertiary/aromatic N) is 3. The summed E-state index contributed by atoms with van der Waals surface area (Å²) in [7, 11) is 2.12. The van der Waals surface area contributed by atoms with Crippen molar-refractivity contribution >= 4 is 60.1 Å². The Kier molecular flexibility index (Phi) is 4.57. The molecule has 29 heavy (non-hydrogen) atoms. The number of thiophene rings is 1. The first kappa shape index (κ1) is 18.6. The highest BCUT2D eigenvalue weighted by molar-refractivity contribution is 7.19. The topological polar surface area (TPSA) is 41.1 Å². The normalized spacial score (nSPS) is 17.8. The summed E-state index contributed by atoms with van der Waals surface area (Å²) < 4.78 is 29.9. The van der Waals surface area contributed by atoms with Crippen LogP contribution in [0.25, 0.3) is 26.0 Å². The van der Waals surface area contributed by atoms with Crippen LogP contribution in [0.3, 0.4) is 0 Å². The minimum Gasteiger partial charge on any atom is -0.350 e. The molecule has 1 aliphatic rings. The van der Waals surface area contributed by atoms with Crippen molar-refractivity contribution in [2.24, 2.45) is 0 Å². The fraction of sp³-hybridized carbons (Fsp3) is 0.238. The van der Waals surface area contributed by atoms with Gasteiger partial charge < -0.3 is 5.32 Å². The number of likely N-dealkylation sites (N-methyl/N-ethyl adjacent to an activating group) is 1. The van der Waals surface area contributed by atoms with E-state index in [9.17, 15) is 8.78 Å². The molecule has 4 heterocycles. The largest absolute Gasteiger partial charge is 0.350 e. The number of rotatable bonds is 3. The molecule has 8 heteroatoms. The summed E-state index contributed by atoms with van der Waals surface area (Å²) in [6, 6.07) is 5.44. The van der Waals surface area contributed by atoms with E-state index in [0.717, 1.165) is 28.1 Å². The molecule has 3 aromatic heterocycles. The third kappa shape index (κ3) is 3.11. The lowest BCUT2D eigenvalue weighted by Gasteiger charge is -2.30. The molecule has 0 radical (unpaired) electrons. The fourth-order valence-electron chi connectivity index (χ4n) is 3.70. The van der Waals surface area contributed by atoms with Crippen LogP contribution >= 0.6 is 22.7 Å². The fourth-order valence-corrected chi connectivity index (χ4v) is 5.55. The van der Waals surface area contributed by atoms with Crippen molar-refractivity contribution in [3.8, 4) is 0 Å². The Balaban J connectivity index is 1.58. The van der Waals surface area contributed by atoms with Gasteiger partial charge in [-0.05, 0) is 44.2 Å². The zero-order valence-electron chi connectivity index (χ0n) is 15.9. The Morgan fingerprint density at radius 3 is 2.97 bits per heavy atom. The molecule has 0 saturated carbocycles. The highest BCUT2D eigenvalue weighted by Gasteiger charge is 2.22. The van der Waals surface area contributed by atoms with Gasteiger partial charge >= 0.3 is 0 Å². The number of fused-ring (bicyclic) bond motifs is 2. The summed E-state index contributed by atoms with van der Waals surface area (Å²) in [6.45, 7) is 3.23. The van der Waals surface area contributed by atoms with E-state index in [1.807, 2.05) is 0 Å². The van der Waals surface area contributed by atoms with Crippen molar-refractivity contribution < 1.29 is 8.78 Å². The monoisotopic (exact) mass is 428 g/mol. The van der Waals surface area contributed by atoms with Gasteiger partial charge in [0.1, 0.15) is 16.0 Å². The standard InChI is InChI=1S/C21H18F2N4S2/c1-11-12(4-3-7-27(11)2)16-8-13-15(5-6-24-21(13)29-16)26-19-14(22)9-17-20(18(19)23)25-10-28-17/h4-6,8-11H,3,7H2,1-2H3,(H,24,26). The van der Waals surface area contributed by atoms with Crippen LogP contribution < -0.4 is 5.32 Å². The van der Waals surface area contributed by atoms with Gasteiger partial charge in [0.25, 0.3) is 0 Å². The van der Waals surface area contributed by atoms with E-state index in [1.165, 1.54) is 28.5 Å². The Labute approximate surface area is 174 Å². The lowest BCUT2D eigenvalue weighted by atomic mass is 10.00. The van der Waals surface area contributed by atoms with Crippen LogP contribution in [0.15, 0.2) is 36.0 Å². The lowest BCUT2D eigenvalue weighted by Crippen LogP contribution is -2.33. The summed E-state index contributed by atoms with van der Waals surface area (Å²) in [4.78, 5) is 12.8. The van der Waals surface area contributed by atoms with E-state index in [4.69, 9.17) is 0 Å². The number of hydrogen-bond acceptors (Lipinski definition) is 6. The second kappa shape index (κ2) is 7.12. The molecule has 0 amide bonds. The number of hydrogen-bond donors (Lipinski definition) is 1. The third-order valence-electron chi connectivity index (χ3n) is 5.46. The molecule has 1 atom stereocenters. The summed E-state index contributed by atoms with van der Waals surface area (Å²) in [6.07, 6.45) is 4.94. The van der Waals surface area contributed by atoms with Gasteiger partial charge in [-0.2, -0.15) is 0 Å². The van der Waals surface area contributed by atoms with E-state index < -0.39 is 11.6 Å². The number of anilines is 2. The molecular formula is C21H18F2N4S2. The molecule has 1 unspecified atom stereocenters. The van der Waals surface area contributed by atoms with Gasteiger partial charge in [0.05, 0.1) is 15.9 Å². The maximum Gasteiger partial charge on any atom is 0.176 e. The second-order valence-electron chi connectivity index (χ2n) is 7.16. The van der Waals surface area contributed by atoms with Gasteiger partial charge in [-0.1, -0.05) is 6.08 Å². The van der Waals surface area contributed by atoms with Crippen LogP contribution in [0.4, 0.5) is 20.2 Å². The number of aromatic nitrogens is 2. The molecular weight excluding hydrogens is 410 g/mol. The Hall–Kier alpha value is -2.42. The number of benzene rings is 1. The third-order valence-corrected chi connectivity index (χ3v) is 7.32. The van der Waals surface area contributed by atoms with Gasteiger partial charge in [-0.15, -0.1) is 22.7 Å². The van der Waals surface area contributed by atoms with Gasteiger partial charge in [-0.3, -0.25) is 4.90 Å². The van der Waals surface area contributed by atoms with E-state index >= 15 is 0 Å². The molecule has 4 nitrogen and oxygen atoms in total. The lowest BCUT2D eigenvalue weighted by molar-refractivity contribution is 0.300. The number of nitrogens with one attached hydrogen (secondary N) is 1. The van der Waals surface area contributed by atoms with Crippen LogP contribution in [0, 0.1) is 11.6 Å². The molecule has 0 saturated heterocycles.